The number of halogens is 1. The van der Waals surface area contributed by atoms with Crippen molar-refractivity contribution < 1.29 is 14.6 Å². The van der Waals surface area contributed by atoms with Crippen molar-refractivity contribution in [2.75, 3.05) is 31.6 Å². The van der Waals surface area contributed by atoms with E-state index in [-0.39, 0.29) is 0 Å². The van der Waals surface area contributed by atoms with Gasteiger partial charge in [0.1, 0.15) is 5.76 Å². The average molecular weight is 415 g/mol. The van der Waals surface area contributed by atoms with Crippen molar-refractivity contribution in [2.24, 2.45) is 0 Å². The average Bonchev–Trinajstić information content (AvgIpc) is 2.86. The van der Waals surface area contributed by atoms with Gasteiger partial charge in [-0.05, 0) is 61.2 Å². The summed E-state index contributed by atoms with van der Waals surface area (Å²) in [5.41, 5.74) is 4.94. The van der Waals surface area contributed by atoms with Crippen LogP contribution in [0.1, 0.15) is 24.8 Å². The molecular weight excluding hydrogens is 388 g/mol. The summed E-state index contributed by atoms with van der Waals surface area (Å²) in [7, 11) is 1.72. The first kappa shape index (κ1) is 21.2. The maximum Gasteiger partial charge on any atom is 0.328 e. The van der Waals surface area contributed by atoms with Gasteiger partial charge in [0.2, 0.25) is 0 Å². The van der Waals surface area contributed by atoms with Crippen LogP contribution in [0.5, 0.6) is 0 Å². The molecule has 29 heavy (non-hydrogen) atoms. The number of nitrogens with zero attached hydrogens (tertiary/aromatic N) is 1. The molecule has 6 heteroatoms. The molecule has 1 aliphatic carbocycles. The highest BCUT2D eigenvalue weighted by atomic mass is 35.5. The number of carboxylic acid groups (broad SMARTS) is 1. The number of fused-ring (bicyclic) bond motifs is 2. The van der Waals surface area contributed by atoms with E-state index in [0.29, 0.717) is 6.54 Å². The molecule has 1 aromatic rings. The van der Waals surface area contributed by atoms with Gasteiger partial charge in [-0.15, -0.1) is 0 Å². The van der Waals surface area contributed by atoms with Crippen LogP contribution < -0.4 is 10.2 Å². The molecule has 0 bridgehead atoms. The normalized spacial score (nSPS) is 15.8. The minimum Gasteiger partial charge on any atom is -0.501 e. The van der Waals surface area contributed by atoms with Gasteiger partial charge >= 0.3 is 5.97 Å². The molecule has 2 N–H and O–H groups in total. The molecule has 3 rings (SSSR count). The molecule has 5 nitrogen and oxygen atoms in total. The Morgan fingerprint density at radius 2 is 2.21 bits per heavy atom. The third kappa shape index (κ3) is 5.75. The van der Waals surface area contributed by atoms with Crippen LogP contribution in [0.3, 0.4) is 0 Å². The summed E-state index contributed by atoms with van der Waals surface area (Å²) in [6.45, 7) is 2.30. The zero-order valence-corrected chi connectivity index (χ0v) is 17.4. The van der Waals surface area contributed by atoms with E-state index in [2.05, 4.69) is 34.5 Å². The molecule has 0 unspecified atom stereocenters. The maximum absolute atomic E-state index is 10.5. The van der Waals surface area contributed by atoms with Crippen LogP contribution in [0, 0.1) is 0 Å². The highest BCUT2D eigenvalue weighted by Gasteiger charge is 2.24. The molecule has 0 atom stereocenters. The number of allylic oxidation sites excluding steroid dienone is 5. The highest BCUT2D eigenvalue weighted by Crippen LogP contribution is 2.37. The number of aliphatic carboxylic acids is 1. The van der Waals surface area contributed by atoms with Crippen molar-refractivity contribution in [2.45, 2.75) is 25.7 Å². The Labute approximate surface area is 177 Å². The number of anilines is 1. The molecule has 2 aliphatic rings. The van der Waals surface area contributed by atoms with E-state index in [1.807, 2.05) is 12.1 Å². The Morgan fingerprint density at radius 3 is 3.00 bits per heavy atom. The molecule has 0 radical (unpaired) electrons. The third-order valence-corrected chi connectivity index (χ3v) is 5.32. The SMILES string of the molecule is COC1=CC=C2C(=CCc3ccc(Cl)cc3N2CCCCNC/C=C/C(=O)O)C1. The van der Waals surface area contributed by atoms with Gasteiger partial charge < -0.3 is 20.1 Å². The molecule has 0 spiro atoms. The number of hydrogen-bond donors (Lipinski definition) is 2. The lowest BCUT2D eigenvalue weighted by molar-refractivity contribution is -0.131. The quantitative estimate of drug-likeness (QED) is 0.461. The summed E-state index contributed by atoms with van der Waals surface area (Å²) in [4.78, 5) is 12.8. The fourth-order valence-electron chi connectivity index (χ4n) is 3.63. The Balaban J connectivity index is 1.68. The first-order valence-corrected chi connectivity index (χ1v) is 10.3. The molecule has 0 saturated heterocycles. The van der Waals surface area contributed by atoms with Crippen LogP contribution in [0.25, 0.3) is 0 Å². The summed E-state index contributed by atoms with van der Waals surface area (Å²) in [5.74, 6) is 0.0585. The molecule has 0 aromatic heterocycles. The smallest absolute Gasteiger partial charge is 0.328 e. The number of methoxy groups -OCH3 is 1. The molecule has 0 amide bonds. The summed E-state index contributed by atoms with van der Waals surface area (Å²) in [6.07, 6.45) is 13.0. The number of carbonyl (C=O) groups is 1. The van der Waals surface area contributed by atoms with Crippen molar-refractivity contribution in [1.82, 2.24) is 5.32 Å². The van der Waals surface area contributed by atoms with E-state index in [1.165, 1.54) is 22.5 Å². The Kier molecular flexibility index (Phi) is 7.55. The largest absolute Gasteiger partial charge is 0.501 e. The molecule has 1 aliphatic heterocycles. The molecule has 0 saturated carbocycles. The number of benzene rings is 1. The number of ether oxygens (including phenoxy) is 1. The summed E-state index contributed by atoms with van der Waals surface area (Å²) >= 11 is 6.32. The van der Waals surface area contributed by atoms with Gasteiger partial charge in [-0.3, -0.25) is 0 Å². The Hall–Kier alpha value is -2.50. The monoisotopic (exact) mass is 414 g/mol. The summed E-state index contributed by atoms with van der Waals surface area (Å²) in [5, 5.41) is 12.6. The molecule has 154 valence electrons. The summed E-state index contributed by atoms with van der Waals surface area (Å²) in [6, 6.07) is 6.12. The molecule has 1 aromatic carbocycles. The van der Waals surface area contributed by atoms with Crippen LogP contribution in [-0.2, 0) is 16.0 Å². The molecular formula is C23H27ClN2O3. The van der Waals surface area contributed by atoms with E-state index in [9.17, 15) is 4.79 Å². The van der Waals surface area contributed by atoms with E-state index >= 15 is 0 Å². The molecule has 0 fully saturated rings. The van der Waals surface area contributed by atoms with Crippen molar-refractivity contribution in [3.63, 3.8) is 0 Å². The number of unbranched alkanes of at least 4 members (excludes halogenated alkanes) is 1. The lowest BCUT2D eigenvalue weighted by Gasteiger charge is -2.31. The van der Waals surface area contributed by atoms with Gasteiger partial charge in [0, 0.05) is 42.0 Å². The molecule has 1 heterocycles. The van der Waals surface area contributed by atoms with Gasteiger partial charge in [0.05, 0.1) is 7.11 Å². The first-order chi connectivity index (χ1) is 14.1. The van der Waals surface area contributed by atoms with Crippen molar-refractivity contribution >= 4 is 23.3 Å². The van der Waals surface area contributed by atoms with Gasteiger partial charge in [-0.25, -0.2) is 4.79 Å². The van der Waals surface area contributed by atoms with Crippen molar-refractivity contribution in [3.8, 4) is 0 Å². The number of nitrogens with one attached hydrogen (secondary N) is 1. The highest BCUT2D eigenvalue weighted by molar-refractivity contribution is 6.30. The Bertz CT molecular complexity index is 871. The standard InChI is InChI=1S/C23H27ClN2O3/c1-29-20-10-11-21-18(15-20)7-6-17-8-9-19(24)16-22(17)26(21)14-3-2-12-25-13-4-5-23(27)28/h4-5,7-11,16,25H,2-3,6,12-15H2,1H3,(H,27,28)/b5-4+. The van der Waals surface area contributed by atoms with Crippen LogP contribution >= 0.6 is 11.6 Å². The number of carboxylic acids is 1. The van der Waals surface area contributed by atoms with Crippen LogP contribution in [0.2, 0.25) is 5.02 Å². The van der Waals surface area contributed by atoms with Crippen molar-refractivity contribution in [1.29, 1.82) is 0 Å². The zero-order valence-electron chi connectivity index (χ0n) is 16.7. The first-order valence-electron chi connectivity index (χ1n) is 9.89. The van der Waals surface area contributed by atoms with E-state index in [0.717, 1.165) is 55.6 Å². The maximum atomic E-state index is 10.5. The second-order valence-corrected chi connectivity index (χ2v) is 7.51. The number of rotatable bonds is 9. The van der Waals surface area contributed by atoms with Gasteiger partial charge in [-0.2, -0.15) is 0 Å². The van der Waals surface area contributed by atoms with Crippen LogP contribution in [-0.4, -0.2) is 37.8 Å². The fourth-order valence-corrected chi connectivity index (χ4v) is 3.79. The van der Waals surface area contributed by atoms with Crippen molar-refractivity contribution in [3.05, 3.63) is 76.2 Å². The summed E-state index contributed by atoms with van der Waals surface area (Å²) < 4.78 is 5.46. The second-order valence-electron chi connectivity index (χ2n) is 7.08. The second kappa shape index (κ2) is 10.3. The van der Waals surface area contributed by atoms with E-state index in [4.69, 9.17) is 21.4 Å². The lowest BCUT2D eigenvalue weighted by atomic mass is 10.0. The van der Waals surface area contributed by atoms with E-state index < -0.39 is 5.97 Å². The third-order valence-electron chi connectivity index (χ3n) is 5.09. The number of hydrogen-bond acceptors (Lipinski definition) is 4. The van der Waals surface area contributed by atoms with Gasteiger partial charge in [-0.1, -0.05) is 29.8 Å². The van der Waals surface area contributed by atoms with Gasteiger partial charge in [0.25, 0.3) is 0 Å². The van der Waals surface area contributed by atoms with E-state index in [1.54, 1.807) is 13.2 Å². The minimum absolute atomic E-state index is 0.567. The predicted molar refractivity (Wildman–Crippen MR) is 117 cm³/mol. The minimum atomic E-state index is -0.916. The fraction of sp³-hybridized carbons (Fsp3) is 0.348. The zero-order chi connectivity index (χ0) is 20.6. The Morgan fingerprint density at radius 1 is 1.34 bits per heavy atom. The lowest BCUT2D eigenvalue weighted by Crippen LogP contribution is -2.27. The van der Waals surface area contributed by atoms with Crippen LogP contribution in [0.15, 0.2) is 65.6 Å². The van der Waals surface area contributed by atoms with Gasteiger partial charge in [0.15, 0.2) is 0 Å². The predicted octanol–water partition coefficient (Wildman–Crippen LogP) is 4.46. The van der Waals surface area contributed by atoms with Crippen LogP contribution in [0.4, 0.5) is 5.69 Å². The topological polar surface area (TPSA) is 61.8 Å².